The molecule has 0 fully saturated rings. The average molecular weight is 251 g/mol. The zero-order valence-electron chi connectivity index (χ0n) is 10.3. The van der Waals surface area contributed by atoms with Crippen LogP contribution in [0.15, 0.2) is 35.9 Å². The van der Waals surface area contributed by atoms with E-state index in [1.54, 1.807) is 7.11 Å². The summed E-state index contributed by atoms with van der Waals surface area (Å²) >= 11 is 6.24. The molecule has 2 rings (SSSR count). The maximum Gasteiger partial charge on any atom is 0.119 e. The lowest BCUT2D eigenvalue weighted by Crippen LogP contribution is -1.95. The van der Waals surface area contributed by atoms with Crippen molar-refractivity contribution >= 4 is 11.6 Å². The highest BCUT2D eigenvalue weighted by molar-refractivity contribution is 6.21. The van der Waals surface area contributed by atoms with Crippen LogP contribution in [0.3, 0.4) is 0 Å². The Labute approximate surface area is 108 Å². The molecule has 0 bridgehead atoms. The molecule has 0 aromatic heterocycles. The van der Waals surface area contributed by atoms with E-state index in [0.29, 0.717) is 0 Å². The van der Waals surface area contributed by atoms with Crippen molar-refractivity contribution in [3.63, 3.8) is 0 Å². The zero-order valence-corrected chi connectivity index (χ0v) is 11.0. The van der Waals surface area contributed by atoms with Gasteiger partial charge in [0.05, 0.1) is 12.5 Å². The molecule has 1 nitrogen and oxygen atoms in total. The number of methoxy groups -OCH3 is 1. The number of ether oxygens (including phenoxy) is 1. The monoisotopic (exact) mass is 250 g/mol. The minimum absolute atomic E-state index is 0.220. The van der Waals surface area contributed by atoms with Gasteiger partial charge in [-0.1, -0.05) is 30.2 Å². The highest BCUT2D eigenvalue weighted by atomic mass is 35.5. The van der Waals surface area contributed by atoms with Crippen molar-refractivity contribution in [1.29, 1.82) is 0 Å². The Bertz CT molecular complexity index is 398. The van der Waals surface area contributed by atoms with Crippen LogP contribution in [0.2, 0.25) is 0 Å². The van der Waals surface area contributed by atoms with Crippen molar-refractivity contribution in [2.24, 2.45) is 0 Å². The van der Waals surface area contributed by atoms with Crippen molar-refractivity contribution in [2.45, 2.75) is 37.5 Å². The van der Waals surface area contributed by atoms with Crippen LogP contribution in [0.5, 0.6) is 5.75 Å². The topological polar surface area (TPSA) is 9.23 Å². The van der Waals surface area contributed by atoms with E-state index in [1.807, 2.05) is 12.1 Å². The zero-order chi connectivity index (χ0) is 12.1. The van der Waals surface area contributed by atoms with Crippen molar-refractivity contribution in [1.82, 2.24) is 0 Å². The fourth-order valence-corrected chi connectivity index (χ4v) is 2.64. The Kier molecular flexibility index (Phi) is 4.49. The summed E-state index contributed by atoms with van der Waals surface area (Å²) < 4.78 is 5.24. The van der Waals surface area contributed by atoms with Crippen LogP contribution >= 0.6 is 11.6 Å². The van der Waals surface area contributed by atoms with Crippen LogP contribution in [0.4, 0.5) is 0 Å². The number of halogens is 1. The smallest absolute Gasteiger partial charge is 0.119 e. The van der Waals surface area contributed by atoms with E-state index in [9.17, 15) is 0 Å². The number of allylic oxidation sites excluding steroid dienone is 2. The molecule has 1 aromatic carbocycles. The van der Waals surface area contributed by atoms with Gasteiger partial charge >= 0.3 is 0 Å². The van der Waals surface area contributed by atoms with Crippen molar-refractivity contribution < 1.29 is 4.74 Å². The highest BCUT2D eigenvalue weighted by Crippen LogP contribution is 2.24. The van der Waals surface area contributed by atoms with Crippen LogP contribution in [-0.4, -0.2) is 12.5 Å². The lowest BCUT2D eigenvalue weighted by Gasteiger charge is -2.08. The summed E-state index contributed by atoms with van der Waals surface area (Å²) in [6, 6.07) is 8.28. The van der Waals surface area contributed by atoms with Crippen molar-refractivity contribution in [3.05, 3.63) is 41.5 Å². The third-order valence-electron chi connectivity index (χ3n) is 3.21. The lowest BCUT2D eigenvalue weighted by atomic mass is 10.0. The molecule has 1 aliphatic rings. The average Bonchev–Trinajstić information content (AvgIpc) is 2.54. The first-order valence-electron chi connectivity index (χ1n) is 6.24. The molecule has 1 aromatic rings. The molecular formula is C15H19ClO. The Balaban J connectivity index is 2.08. The molecule has 0 heterocycles. The molecule has 17 heavy (non-hydrogen) atoms. The van der Waals surface area contributed by atoms with Gasteiger partial charge < -0.3 is 4.74 Å². The van der Waals surface area contributed by atoms with Gasteiger partial charge in [-0.05, 0) is 43.4 Å². The molecule has 0 saturated carbocycles. The van der Waals surface area contributed by atoms with Crippen LogP contribution in [0.1, 0.15) is 31.2 Å². The van der Waals surface area contributed by atoms with Gasteiger partial charge in [-0.25, -0.2) is 0 Å². The molecule has 0 amide bonds. The van der Waals surface area contributed by atoms with Gasteiger partial charge in [-0.15, -0.1) is 11.6 Å². The Morgan fingerprint density at radius 1 is 1.35 bits per heavy atom. The summed E-state index contributed by atoms with van der Waals surface area (Å²) in [5.74, 6) is 0.930. The van der Waals surface area contributed by atoms with Gasteiger partial charge in [0.2, 0.25) is 0 Å². The number of hydrogen-bond acceptors (Lipinski definition) is 1. The van der Waals surface area contributed by atoms with Crippen LogP contribution < -0.4 is 4.74 Å². The van der Waals surface area contributed by atoms with Gasteiger partial charge in [0.1, 0.15) is 5.75 Å². The SMILES string of the molecule is COc1cccc(CC2=CC(Cl)CCCC2)c1. The second-order valence-corrected chi connectivity index (χ2v) is 5.18. The molecule has 0 spiro atoms. The van der Waals surface area contributed by atoms with Crippen molar-refractivity contribution in [2.75, 3.05) is 7.11 Å². The summed E-state index contributed by atoms with van der Waals surface area (Å²) in [5, 5.41) is 0.220. The minimum atomic E-state index is 0.220. The van der Waals surface area contributed by atoms with E-state index >= 15 is 0 Å². The number of benzene rings is 1. The summed E-state index contributed by atoms with van der Waals surface area (Å²) in [7, 11) is 1.71. The fraction of sp³-hybridized carbons (Fsp3) is 0.467. The van der Waals surface area contributed by atoms with E-state index in [2.05, 4.69) is 18.2 Å². The van der Waals surface area contributed by atoms with E-state index in [4.69, 9.17) is 16.3 Å². The van der Waals surface area contributed by atoms with E-state index in [-0.39, 0.29) is 5.38 Å². The first kappa shape index (κ1) is 12.5. The number of rotatable bonds is 3. The lowest BCUT2D eigenvalue weighted by molar-refractivity contribution is 0.414. The molecule has 0 aliphatic heterocycles. The van der Waals surface area contributed by atoms with E-state index < -0.39 is 0 Å². The molecule has 1 atom stereocenters. The Morgan fingerprint density at radius 3 is 3.06 bits per heavy atom. The Morgan fingerprint density at radius 2 is 2.24 bits per heavy atom. The summed E-state index contributed by atoms with van der Waals surface area (Å²) in [5.41, 5.74) is 2.78. The maximum atomic E-state index is 6.24. The van der Waals surface area contributed by atoms with E-state index in [1.165, 1.54) is 30.4 Å². The predicted molar refractivity (Wildman–Crippen MR) is 72.9 cm³/mol. The van der Waals surface area contributed by atoms with Crippen LogP contribution in [0.25, 0.3) is 0 Å². The third kappa shape index (κ3) is 3.78. The third-order valence-corrected chi connectivity index (χ3v) is 3.55. The molecule has 0 saturated heterocycles. The minimum Gasteiger partial charge on any atom is -0.497 e. The fourth-order valence-electron chi connectivity index (χ4n) is 2.31. The first-order valence-corrected chi connectivity index (χ1v) is 6.68. The second-order valence-electron chi connectivity index (χ2n) is 4.61. The van der Waals surface area contributed by atoms with Gasteiger partial charge in [0.15, 0.2) is 0 Å². The highest BCUT2D eigenvalue weighted by Gasteiger charge is 2.10. The van der Waals surface area contributed by atoms with Gasteiger partial charge in [0, 0.05) is 0 Å². The standard InChI is InChI=1S/C15H19ClO/c1-17-15-8-4-6-13(11-15)9-12-5-2-3-7-14(16)10-12/h4,6,8,10-11,14H,2-3,5,7,9H2,1H3. The Hall–Kier alpha value is -0.950. The molecular weight excluding hydrogens is 232 g/mol. The maximum absolute atomic E-state index is 6.24. The molecule has 92 valence electrons. The van der Waals surface area contributed by atoms with Gasteiger partial charge in [-0.3, -0.25) is 0 Å². The van der Waals surface area contributed by atoms with Crippen LogP contribution in [0, 0.1) is 0 Å². The molecule has 1 unspecified atom stereocenters. The molecule has 2 heteroatoms. The summed E-state index contributed by atoms with van der Waals surface area (Å²) in [4.78, 5) is 0. The van der Waals surface area contributed by atoms with Gasteiger partial charge in [0.25, 0.3) is 0 Å². The van der Waals surface area contributed by atoms with E-state index in [0.717, 1.165) is 18.6 Å². The summed E-state index contributed by atoms with van der Waals surface area (Å²) in [6.45, 7) is 0. The quantitative estimate of drug-likeness (QED) is 0.573. The first-order chi connectivity index (χ1) is 8.28. The van der Waals surface area contributed by atoms with Gasteiger partial charge in [-0.2, -0.15) is 0 Å². The molecule has 0 radical (unpaired) electrons. The summed E-state index contributed by atoms with van der Waals surface area (Å²) in [6.07, 6.45) is 8.04. The largest absolute Gasteiger partial charge is 0.497 e. The normalized spacial score (nSPS) is 20.6. The number of alkyl halides is 1. The predicted octanol–water partition coefficient (Wildman–Crippen LogP) is 4.35. The second kappa shape index (κ2) is 6.11. The van der Waals surface area contributed by atoms with Crippen LogP contribution in [-0.2, 0) is 6.42 Å². The number of hydrogen-bond donors (Lipinski definition) is 0. The molecule has 0 N–H and O–H groups in total. The van der Waals surface area contributed by atoms with Crippen molar-refractivity contribution in [3.8, 4) is 5.75 Å². The molecule has 1 aliphatic carbocycles.